The van der Waals surface area contributed by atoms with Crippen molar-refractivity contribution in [3.63, 3.8) is 0 Å². The van der Waals surface area contributed by atoms with Crippen molar-refractivity contribution in [2.75, 3.05) is 32.8 Å². The number of nitro groups is 1. The van der Waals surface area contributed by atoms with E-state index in [2.05, 4.69) is 0 Å². The molecule has 8 nitrogen and oxygen atoms in total. The van der Waals surface area contributed by atoms with Gasteiger partial charge in [0, 0.05) is 32.2 Å². The Morgan fingerprint density at radius 3 is 2.52 bits per heavy atom. The lowest BCUT2D eigenvalue weighted by Gasteiger charge is -2.34. The Morgan fingerprint density at radius 2 is 1.89 bits per heavy atom. The van der Waals surface area contributed by atoms with Crippen molar-refractivity contribution in [3.05, 3.63) is 56.3 Å². The van der Waals surface area contributed by atoms with Gasteiger partial charge in [-0.25, -0.2) is 0 Å². The fourth-order valence-electron chi connectivity index (χ4n) is 2.83. The second kappa shape index (κ2) is 8.17. The number of rotatable bonds is 5. The van der Waals surface area contributed by atoms with Gasteiger partial charge in [0.2, 0.25) is 0 Å². The van der Waals surface area contributed by atoms with Crippen LogP contribution in [0.2, 0.25) is 0 Å². The number of carbonyl (C=O) groups excluding carboxylic acids is 2. The first kappa shape index (κ1) is 18.8. The van der Waals surface area contributed by atoms with Crippen LogP contribution in [0.25, 0.3) is 0 Å². The average Bonchev–Trinajstić information content (AvgIpc) is 3.20. The highest BCUT2D eigenvalue weighted by atomic mass is 32.1. The van der Waals surface area contributed by atoms with Gasteiger partial charge in [0.15, 0.2) is 12.4 Å². The molecule has 1 aromatic carbocycles. The molecule has 0 saturated carbocycles. The standard InChI is InChI=1S/C18H19N3O5S/c1-13-4-5-14(21(24)25)15(11-13)26-12-17(22)19-6-8-20(9-7-19)18(23)16-3-2-10-27-16/h2-5,10-11H,6-9,12H2,1H3. The molecule has 2 amide bonds. The zero-order valence-corrected chi connectivity index (χ0v) is 15.6. The first-order valence-electron chi connectivity index (χ1n) is 8.44. The summed E-state index contributed by atoms with van der Waals surface area (Å²) >= 11 is 1.40. The molecule has 0 atom stereocenters. The molecular formula is C18H19N3O5S. The molecule has 27 heavy (non-hydrogen) atoms. The van der Waals surface area contributed by atoms with E-state index in [0.717, 1.165) is 5.56 Å². The molecule has 2 heterocycles. The number of nitro benzene ring substituents is 1. The molecule has 3 rings (SSSR count). The summed E-state index contributed by atoms with van der Waals surface area (Å²) in [7, 11) is 0. The second-order valence-electron chi connectivity index (χ2n) is 6.17. The van der Waals surface area contributed by atoms with Gasteiger partial charge in [-0.1, -0.05) is 12.1 Å². The zero-order valence-electron chi connectivity index (χ0n) is 14.8. The van der Waals surface area contributed by atoms with Crippen LogP contribution in [0.5, 0.6) is 5.75 Å². The molecule has 1 fully saturated rings. The van der Waals surface area contributed by atoms with Gasteiger partial charge in [-0.3, -0.25) is 19.7 Å². The minimum Gasteiger partial charge on any atom is -0.477 e. The van der Waals surface area contributed by atoms with Crippen molar-refractivity contribution in [1.82, 2.24) is 9.80 Å². The summed E-state index contributed by atoms with van der Waals surface area (Å²) in [5.41, 5.74) is 0.642. The summed E-state index contributed by atoms with van der Waals surface area (Å²) in [6.45, 7) is 3.25. The van der Waals surface area contributed by atoms with E-state index in [4.69, 9.17) is 4.74 Å². The van der Waals surface area contributed by atoms with Crippen molar-refractivity contribution < 1.29 is 19.2 Å². The number of piperazine rings is 1. The number of ether oxygens (including phenoxy) is 1. The highest BCUT2D eigenvalue weighted by molar-refractivity contribution is 7.12. The van der Waals surface area contributed by atoms with Gasteiger partial charge in [-0.2, -0.15) is 0 Å². The Kier molecular flexibility index (Phi) is 5.70. The van der Waals surface area contributed by atoms with Crippen LogP contribution in [0.1, 0.15) is 15.2 Å². The molecule has 142 valence electrons. The fourth-order valence-corrected chi connectivity index (χ4v) is 3.52. The predicted molar refractivity (Wildman–Crippen MR) is 100 cm³/mol. The molecule has 1 aliphatic rings. The topological polar surface area (TPSA) is 93.0 Å². The monoisotopic (exact) mass is 389 g/mol. The molecule has 2 aromatic rings. The van der Waals surface area contributed by atoms with E-state index in [0.29, 0.717) is 31.1 Å². The molecule has 1 saturated heterocycles. The molecule has 1 aromatic heterocycles. The third kappa shape index (κ3) is 4.43. The lowest BCUT2D eigenvalue weighted by Crippen LogP contribution is -2.51. The molecule has 0 spiro atoms. The van der Waals surface area contributed by atoms with E-state index < -0.39 is 4.92 Å². The summed E-state index contributed by atoms with van der Waals surface area (Å²) in [6, 6.07) is 8.15. The van der Waals surface area contributed by atoms with Crippen LogP contribution >= 0.6 is 11.3 Å². The number of thiophene rings is 1. The van der Waals surface area contributed by atoms with E-state index in [-0.39, 0.29) is 29.9 Å². The number of hydrogen-bond acceptors (Lipinski definition) is 6. The highest BCUT2D eigenvalue weighted by Gasteiger charge is 2.26. The Balaban J connectivity index is 1.54. The van der Waals surface area contributed by atoms with E-state index in [1.54, 1.807) is 34.9 Å². The van der Waals surface area contributed by atoms with Crippen molar-refractivity contribution in [3.8, 4) is 5.75 Å². The Morgan fingerprint density at radius 1 is 1.19 bits per heavy atom. The molecule has 0 radical (unpaired) electrons. The second-order valence-corrected chi connectivity index (χ2v) is 7.11. The number of nitrogens with zero attached hydrogens (tertiary/aromatic N) is 3. The van der Waals surface area contributed by atoms with Crippen LogP contribution in [0.4, 0.5) is 5.69 Å². The van der Waals surface area contributed by atoms with Crippen LogP contribution in [-0.2, 0) is 4.79 Å². The van der Waals surface area contributed by atoms with Crippen molar-refractivity contribution in [1.29, 1.82) is 0 Å². The lowest BCUT2D eigenvalue weighted by atomic mass is 10.2. The van der Waals surface area contributed by atoms with Gasteiger partial charge in [-0.05, 0) is 30.0 Å². The normalized spacial score (nSPS) is 14.1. The smallest absolute Gasteiger partial charge is 0.310 e. The first-order chi connectivity index (χ1) is 13.0. The third-order valence-corrected chi connectivity index (χ3v) is 5.17. The fraction of sp³-hybridized carbons (Fsp3) is 0.333. The van der Waals surface area contributed by atoms with Crippen molar-refractivity contribution >= 4 is 28.8 Å². The molecule has 9 heteroatoms. The van der Waals surface area contributed by atoms with Gasteiger partial charge in [0.1, 0.15) is 0 Å². The van der Waals surface area contributed by atoms with Crippen LogP contribution in [0.15, 0.2) is 35.7 Å². The number of aryl methyl sites for hydroxylation is 1. The van der Waals surface area contributed by atoms with Crippen LogP contribution in [0, 0.1) is 17.0 Å². The van der Waals surface area contributed by atoms with E-state index in [9.17, 15) is 19.7 Å². The average molecular weight is 389 g/mol. The van der Waals surface area contributed by atoms with Gasteiger partial charge >= 0.3 is 5.69 Å². The third-order valence-electron chi connectivity index (χ3n) is 4.31. The number of carbonyl (C=O) groups is 2. The number of hydrogen-bond donors (Lipinski definition) is 0. The first-order valence-corrected chi connectivity index (χ1v) is 9.32. The zero-order chi connectivity index (χ0) is 19.4. The molecule has 0 bridgehead atoms. The van der Waals surface area contributed by atoms with Crippen molar-refractivity contribution in [2.24, 2.45) is 0 Å². The molecule has 0 N–H and O–H groups in total. The number of amides is 2. The van der Waals surface area contributed by atoms with E-state index in [1.165, 1.54) is 17.4 Å². The summed E-state index contributed by atoms with van der Waals surface area (Å²) in [5.74, 6) is -0.197. The Hall–Kier alpha value is -2.94. The molecule has 1 aliphatic heterocycles. The van der Waals surface area contributed by atoms with E-state index >= 15 is 0 Å². The quantitative estimate of drug-likeness (QED) is 0.578. The minimum atomic E-state index is -0.534. The molecule has 0 unspecified atom stereocenters. The molecular weight excluding hydrogens is 370 g/mol. The van der Waals surface area contributed by atoms with Gasteiger partial charge in [0.25, 0.3) is 11.8 Å². The maximum absolute atomic E-state index is 12.4. The highest BCUT2D eigenvalue weighted by Crippen LogP contribution is 2.27. The van der Waals surface area contributed by atoms with Crippen LogP contribution in [0.3, 0.4) is 0 Å². The van der Waals surface area contributed by atoms with Gasteiger partial charge < -0.3 is 14.5 Å². The maximum atomic E-state index is 12.4. The Labute approximate surface area is 160 Å². The summed E-state index contributed by atoms with van der Waals surface area (Å²) in [4.78, 5) is 39.3. The summed E-state index contributed by atoms with van der Waals surface area (Å²) in [5, 5.41) is 12.9. The van der Waals surface area contributed by atoms with Gasteiger partial charge in [0.05, 0.1) is 9.80 Å². The predicted octanol–water partition coefficient (Wildman–Crippen LogP) is 2.33. The minimum absolute atomic E-state index is 0.0243. The SMILES string of the molecule is Cc1ccc([N+](=O)[O-])c(OCC(=O)N2CCN(C(=O)c3cccs3)CC2)c1. The Bertz CT molecular complexity index is 845. The summed E-state index contributed by atoms with van der Waals surface area (Å²) in [6.07, 6.45) is 0. The number of benzene rings is 1. The maximum Gasteiger partial charge on any atom is 0.310 e. The molecule has 0 aliphatic carbocycles. The van der Waals surface area contributed by atoms with Crippen LogP contribution < -0.4 is 4.74 Å². The lowest BCUT2D eigenvalue weighted by molar-refractivity contribution is -0.385. The van der Waals surface area contributed by atoms with Gasteiger partial charge in [-0.15, -0.1) is 11.3 Å². The summed E-state index contributed by atoms with van der Waals surface area (Å²) < 4.78 is 5.42. The largest absolute Gasteiger partial charge is 0.477 e. The van der Waals surface area contributed by atoms with Crippen LogP contribution in [-0.4, -0.2) is 59.3 Å². The van der Waals surface area contributed by atoms with Crippen molar-refractivity contribution in [2.45, 2.75) is 6.92 Å². The van der Waals surface area contributed by atoms with E-state index in [1.807, 2.05) is 11.4 Å².